The second kappa shape index (κ2) is 7.70. The molecule has 2 aromatic heterocycles. The second-order valence-electron chi connectivity index (χ2n) is 6.16. The topological polar surface area (TPSA) is 55.2 Å². The summed E-state index contributed by atoms with van der Waals surface area (Å²) in [5.41, 5.74) is 0.721. The van der Waals surface area contributed by atoms with Crippen molar-refractivity contribution >= 4 is 39.2 Å². The molecule has 1 fully saturated rings. The van der Waals surface area contributed by atoms with Gasteiger partial charge in [0.1, 0.15) is 4.70 Å². The molecular weight excluding hydrogens is 342 g/mol. The van der Waals surface area contributed by atoms with Crippen molar-refractivity contribution in [1.29, 1.82) is 0 Å². The first-order chi connectivity index (χ1) is 11.6. The Morgan fingerprint density at radius 3 is 2.88 bits per heavy atom. The highest BCUT2D eigenvalue weighted by Gasteiger charge is 2.22. The quantitative estimate of drug-likeness (QED) is 0.602. The number of rotatable bonds is 5. The summed E-state index contributed by atoms with van der Waals surface area (Å²) >= 11 is 2.79. The molecule has 1 aliphatic rings. The summed E-state index contributed by atoms with van der Waals surface area (Å²) in [6, 6.07) is 2.23. The molecule has 0 aliphatic heterocycles. The van der Waals surface area contributed by atoms with Crippen LogP contribution in [0.5, 0.6) is 0 Å². The number of hydrogen-bond donors (Lipinski definition) is 0. The first-order valence-corrected chi connectivity index (χ1v) is 10.3. The zero-order chi connectivity index (χ0) is 17.1. The van der Waals surface area contributed by atoms with Gasteiger partial charge < -0.3 is 4.90 Å². The van der Waals surface area contributed by atoms with E-state index in [2.05, 4.69) is 4.98 Å². The lowest BCUT2D eigenvalue weighted by Gasteiger charge is -2.31. The minimum Gasteiger partial charge on any atom is -0.342 e. The number of aromatic nitrogens is 2. The van der Waals surface area contributed by atoms with Gasteiger partial charge in [-0.3, -0.25) is 14.2 Å². The van der Waals surface area contributed by atoms with Gasteiger partial charge in [-0.15, -0.1) is 11.3 Å². The molecule has 0 radical (unpaired) electrons. The van der Waals surface area contributed by atoms with Gasteiger partial charge in [0, 0.05) is 19.6 Å². The molecule has 0 aromatic carbocycles. The van der Waals surface area contributed by atoms with Crippen LogP contribution >= 0.6 is 23.1 Å². The van der Waals surface area contributed by atoms with Crippen LogP contribution in [0.4, 0.5) is 0 Å². The van der Waals surface area contributed by atoms with Crippen LogP contribution in [0.2, 0.25) is 0 Å². The molecule has 0 spiro atoms. The molecule has 0 atom stereocenters. The first-order valence-electron chi connectivity index (χ1n) is 8.48. The Balaban J connectivity index is 1.72. The standard InChI is InChI=1S/C17H23N3O2S2/c1-3-20-16(22)15-13(9-10-23-15)18-17(20)24-11-14(21)19(2)12-7-5-4-6-8-12/h9-10,12H,3-8,11H2,1-2H3. The van der Waals surface area contributed by atoms with E-state index < -0.39 is 0 Å². The van der Waals surface area contributed by atoms with Gasteiger partial charge in [0.2, 0.25) is 5.91 Å². The molecule has 1 amide bonds. The molecule has 1 aliphatic carbocycles. The molecule has 1 saturated carbocycles. The van der Waals surface area contributed by atoms with Crippen LogP contribution in [0.25, 0.3) is 10.2 Å². The van der Waals surface area contributed by atoms with Crippen molar-refractivity contribution in [3.05, 3.63) is 21.8 Å². The van der Waals surface area contributed by atoms with Crippen LogP contribution in [-0.4, -0.2) is 39.2 Å². The lowest BCUT2D eigenvalue weighted by atomic mass is 9.94. The highest BCUT2D eigenvalue weighted by atomic mass is 32.2. The fraction of sp³-hybridized carbons (Fsp3) is 0.588. The molecule has 7 heteroatoms. The molecule has 0 saturated heterocycles. The highest BCUT2D eigenvalue weighted by Crippen LogP contribution is 2.24. The van der Waals surface area contributed by atoms with Crippen molar-refractivity contribution < 1.29 is 4.79 Å². The molecule has 2 aromatic rings. The highest BCUT2D eigenvalue weighted by molar-refractivity contribution is 7.99. The van der Waals surface area contributed by atoms with Gasteiger partial charge in [0.15, 0.2) is 5.16 Å². The average Bonchev–Trinajstić information content (AvgIpc) is 3.08. The molecule has 5 nitrogen and oxygen atoms in total. The lowest BCUT2D eigenvalue weighted by Crippen LogP contribution is -2.39. The van der Waals surface area contributed by atoms with Crippen molar-refractivity contribution in [3.63, 3.8) is 0 Å². The molecule has 0 bridgehead atoms. The molecule has 2 heterocycles. The van der Waals surface area contributed by atoms with Gasteiger partial charge >= 0.3 is 0 Å². The molecule has 24 heavy (non-hydrogen) atoms. The van der Waals surface area contributed by atoms with Gasteiger partial charge in [-0.05, 0) is 31.2 Å². The van der Waals surface area contributed by atoms with E-state index in [-0.39, 0.29) is 11.5 Å². The van der Waals surface area contributed by atoms with E-state index in [9.17, 15) is 9.59 Å². The smallest absolute Gasteiger partial charge is 0.272 e. The van der Waals surface area contributed by atoms with E-state index in [0.717, 1.165) is 18.4 Å². The van der Waals surface area contributed by atoms with E-state index in [4.69, 9.17) is 0 Å². The van der Waals surface area contributed by atoms with Crippen molar-refractivity contribution in [2.45, 2.75) is 56.8 Å². The van der Waals surface area contributed by atoms with Crippen molar-refractivity contribution in [3.8, 4) is 0 Å². The van der Waals surface area contributed by atoms with Crippen LogP contribution in [0, 0.1) is 0 Å². The van der Waals surface area contributed by atoms with E-state index in [1.54, 1.807) is 4.57 Å². The summed E-state index contributed by atoms with van der Waals surface area (Å²) in [6.45, 7) is 2.50. The monoisotopic (exact) mass is 365 g/mol. The summed E-state index contributed by atoms with van der Waals surface area (Å²) in [6.07, 6.45) is 5.90. The third kappa shape index (κ3) is 3.52. The predicted octanol–water partition coefficient (Wildman–Crippen LogP) is 3.36. The zero-order valence-electron chi connectivity index (χ0n) is 14.2. The number of hydrogen-bond acceptors (Lipinski definition) is 5. The van der Waals surface area contributed by atoms with Crippen LogP contribution in [-0.2, 0) is 11.3 Å². The Hall–Kier alpha value is -1.34. The average molecular weight is 366 g/mol. The lowest BCUT2D eigenvalue weighted by molar-refractivity contribution is -0.129. The Morgan fingerprint density at radius 1 is 1.42 bits per heavy atom. The third-order valence-corrected chi connectivity index (χ3v) is 6.54. The van der Waals surface area contributed by atoms with Gasteiger partial charge in [0.05, 0.1) is 11.3 Å². The summed E-state index contributed by atoms with van der Waals surface area (Å²) < 4.78 is 2.35. The van der Waals surface area contributed by atoms with E-state index in [1.807, 2.05) is 30.3 Å². The summed E-state index contributed by atoms with van der Waals surface area (Å²) in [4.78, 5) is 31.5. The largest absolute Gasteiger partial charge is 0.342 e. The maximum atomic E-state index is 12.5. The Morgan fingerprint density at radius 2 is 2.17 bits per heavy atom. The minimum atomic E-state index is -0.00640. The Kier molecular flexibility index (Phi) is 5.61. The van der Waals surface area contributed by atoms with Crippen molar-refractivity contribution in [2.75, 3.05) is 12.8 Å². The normalized spacial score (nSPS) is 15.8. The van der Waals surface area contributed by atoms with E-state index in [1.165, 1.54) is 42.4 Å². The SMILES string of the molecule is CCn1c(SCC(=O)N(C)C2CCCCC2)nc2ccsc2c1=O. The zero-order valence-corrected chi connectivity index (χ0v) is 15.8. The van der Waals surface area contributed by atoms with Crippen LogP contribution in [0.1, 0.15) is 39.0 Å². The van der Waals surface area contributed by atoms with Gasteiger partial charge in [-0.1, -0.05) is 31.0 Å². The molecule has 130 valence electrons. The fourth-order valence-electron chi connectivity index (χ4n) is 3.21. The number of thioether (sulfide) groups is 1. The van der Waals surface area contributed by atoms with E-state index >= 15 is 0 Å². The molecule has 3 rings (SSSR count). The summed E-state index contributed by atoms with van der Waals surface area (Å²) in [5, 5.41) is 2.52. The molecule has 0 N–H and O–H groups in total. The Labute approximate surface area is 150 Å². The third-order valence-electron chi connectivity index (χ3n) is 4.69. The number of fused-ring (bicyclic) bond motifs is 1. The minimum absolute atomic E-state index is 0.00640. The second-order valence-corrected chi connectivity index (χ2v) is 8.02. The van der Waals surface area contributed by atoms with E-state index in [0.29, 0.717) is 28.2 Å². The van der Waals surface area contributed by atoms with Gasteiger partial charge in [-0.25, -0.2) is 4.98 Å². The first kappa shape index (κ1) is 17.5. The summed E-state index contributed by atoms with van der Waals surface area (Å²) in [5.74, 6) is 0.448. The van der Waals surface area contributed by atoms with Crippen molar-refractivity contribution in [2.24, 2.45) is 0 Å². The van der Waals surface area contributed by atoms with Crippen LogP contribution in [0.15, 0.2) is 21.4 Å². The number of carbonyl (C=O) groups excluding carboxylic acids is 1. The Bertz CT molecular complexity index is 778. The van der Waals surface area contributed by atoms with Gasteiger partial charge in [0.25, 0.3) is 5.56 Å². The predicted molar refractivity (Wildman–Crippen MR) is 99.9 cm³/mol. The maximum absolute atomic E-state index is 12.5. The molecular formula is C17H23N3O2S2. The van der Waals surface area contributed by atoms with Crippen LogP contribution < -0.4 is 5.56 Å². The fourth-order valence-corrected chi connectivity index (χ4v) is 4.98. The number of nitrogens with zero attached hydrogens (tertiary/aromatic N) is 3. The molecule has 0 unspecified atom stereocenters. The van der Waals surface area contributed by atoms with Gasteiger partial charge in [-0.2, -0.15) is 0 Å². The maximum Gasteiger partial charge on any atom is 0.272 e. The number of carbonyl (C=O) groups is 1. The summed E-state index contributed by atoms with van der Waals surface area (Å²) in [7, 11) is 1.90. The van der Waals surface area contributed by atoms with Crippen LogP contribution in [0.3, 0.4) is 0 Å². The number of amides is 1. The number of thiophene rings is 1. The van der Waals surface area contributed by atoms with Crippen molar-refractivity contribution in [1.82, 2.24) is 14.5 Å².